The lowest BCUT2D eigenvalue weighted by atomic mass is 9.93. The van der Waals surface area contributed by atoms with Crippen LogP contribution in [0.3, 0.4) is 0 Å². The zero-order chi connectivity index (χ0) is 38.6. The average molecular weight is 737 g/mol. The molecule has 2 atom stereocenters. The summed E-state index contributed by atoms with van der Waals surface area (Å²) in [7, 11) is 1.32. The highest BCUT2D eigenvalue weighted by Crippen LogP contribution is 2.31. The number of carbonyl (C=O) groups is 6. The standard InChI is InChI=1S/C38H40O15/c1-5-32(39)46-21-9-11-23-48-36(43)50-28-17-14-26(15-18-28)35(42)53-38(3)20-8-7-13-31(38)52-34(41)27-16-19-29(30(25-27)45-4)51-37(44)49-24-12-10-22-47-33(40)6-2/h5-8,13-20,25,31H,1-2,9-12,21-24H2,3-4H3. The molecule has 2 unspecified atom stereocenters. The van der Waals surface area contributed by atoms with Crippen LogP contribution in [-0.4, -0.2) is 81.4 Å². The Morgan fingerprint density at radius 1 is 0.679 bits per heavy atom. The van der Waals surface area contributed by atoms with Crippen molar-refractivity contribution in [3.05, 3.63) is 103 Å². The third kappa shape index (κ3) is 13.7. The molecule has 0 fully saturated rings. The first-order valence-electron chi connectivity index (χ1n) is 16.3. The second-order valence-corrected chi connectivity index (χ2v) is 11.1. The molecule has 15 nitrogen and oxygen atoms in total. The van der Waals surface area contributed by atoms with E-state index in [0.717, 1.165) is 12.2 Å². The minimum absolute atomic E-state index is 0.0118. The summed E-state index contributed by atoms with van der Waals surface area (Å²) in [4.78, 5) is 72.6. The Balaban J connectivity index is 1.51. The molecule has 0 radical (unpaired) electrons. The van der Waals surface area contributed by atoms with Crippen LogP contribution in [0.2, 0.25) is 0 Å². The number of benzene rings is 2. The molecule has 0 bridgehead atoms. The largest absolute Gasteiger partial charge is 0.513 e. The number of methoxy groups -OCH3 is 1. The fraction of sp³-hybridized carbons (Fsp3) is 0.316. The maximum Gasteiger partial charge on any atom is 0.513 e. The lowest BCUT2D eigenvalue weighted by Gasteiger charge is -2.34. The second-order valence-electron chi connectivity index (χ2n) is 11.1. The highest BCUT2D eigenvalue weighted by atomic mass is 16.7. The summed E-state index contributed by atoms with van der Waals surface area (Å²) >= 11 is 0. The zero-order valence-corrected chi connectivity index (χ0v) is 29.3. The molecule has 0 aromatic heterocycles. The van der Waals surface area contributed by atoms with Crippen molar-refractivity contribution in [2.75, 3.05) is 33.5 Å². The van der Waals surface area contributed by atoms with E-state index in [1.807, 2.05) is 0 Å². The first kappa shape index (κ1) is 41.0. The van der Waals surface area contributed by atoms with Gasteiger partial charge in [-0.1, -0.05) is 25.3 Å². The van der Waals surface area contributed by atoms with E-state index >= 15 is 0 Å². The van der Waals surface area contributed by atoms with Gasteiger partial charge in [0.05, 0.1) is 44.7 Å². The van der Waals surface area contributed by atoms with Crippen molar-refractivity contribution in [2.45, 2.75) is 44.3 Å². The van der Waals surface area contributed by atoms with Crippen molar-refractivity contribution >= 4 is 36.2 Å². The molecular formula is C38H40O15. The van der Waals surface area contributed by atoms with Crippen LogP contribution in [0.5, 0.6) is 17.2 Å². The molecule has 0 amide bonds. The molecule has 0 saturated heterocycles. The Bertz CT molecular complexity index is 1690. The monoisotopic (exact) mass is 736 g/mol. The number of hydrogen-bond donors (Lipinski definition) is 0. The molecule has 0 N–H and O–H groups in total. The molecule has 3 rings (SSSR count). The summed E-state index contributed by atoms with van der Waals surface area (Å²) in [6.07, 6.45) is 7.31. The fourth-order valence-electron chi connectivity index (χ4n) is 4.35. The maximum atomic E-state index is 13.2. The number of unbranched alkanes of at least 4 members (excludes halogenated alkanes) is 2. The molecular weight excluding hydrogens is 696 g/mol. The SMILES string of the molecule is C=CC(=O)OCCCCOC(=O)Oc1ccc(C(=O)OC2(C)C=CC=CC2OC(=O)c2ccc(OC(=O)OCCCCOC(=O)C=C)c(OC)c2)cc1. The third-order valence-corrected chi connectivity index (χ3v) is 7.16. The average Bonchev–Trinajstić information content (AvgIpc) is 3.15. The van der Waals surface area contributed by atoms with Crippen molar-refractivity contribution in [1.82, 2.24) is 0 Å². The smallest absolute Gasteiger partial charge is 0.493 e. The molecule has 0 aliphatic heterocycles. The first-order chi connectivity index (χ1) is 25.5. The number of allylic oxidation sites excluding steroid dienone is 2. The van der Waals surface area contributed by atoms with Crippen LogP contribution < -0.4 is 14.2 Å². The summed E-state index contributed by atoms with van der Waals surface area (Å²) in [5.41, 5.74) is -1.23. The third-order valence-electron chi connectivity index (χ3n) is 7.16. The van der Waals surface area contributed by atoms with Crippen molar-refractivity contribution in [1.29, 1.82) is 0 Å². The van der Waals surface area contributed by atoms with E-state index < -0.39 is 47.9 Å². The van der Waals surface area contributed by atoms with Crippen molar-refractivity contribution < 1.29 is 71.4 Å². The van der Waals surface area contributed by atoms with Gasteiger partial charge in [-0.2, -0.15) is 0 Å². The molecule has 282 valence electrons. The second kappa shape index (κ2) is 21.1. The van der Waals surface area contributed by atoms with E-state index in [-0.39, 0.29) is 54.8 Å². The molecule has 0 saturated carbocycles. The molecule has 0 heterocycles. The van der Waals surface area contributed by atoms with Crippen LogP contribution in [0.1, 0.15) is 53.3 Å². The van der Waals surface area contributed by atoms with Gasteiger partial charge in [0.1, 0.15) is 5.75 Å². The van der Waals surface area contributed by atoms with Crippen molar-refractivity contribution in [2.24, 2.45) is 0 Å². The quantitative estimate of drug-likeness (QED) is 0.0536. The predicted octanol–water partition coefficient (Wildman–Crippen LogP) is 6.01. The van der Waals surface area contributed by atoms with Gasteiger partial charge in [-0.3, -0.25) is 0 Å². The normalized spacial score (nSPS) is 15.5. The van der Waals surface area contributed by atoms with Gasteiger partial charge in [0.25, 0.3) is 0 Å². The number of ether oxygens (including phenoxy) is 9. The molecule has 15 heteroatoms. The van der Waals surface area contributed by atoms with Gasteiger partial charge in [0.2, 0.25) is 0 Å². The lowest BCUT2D eigenvalue weighted by molar-refractivity contribution is -0.138. The van der Waals surface area contributed by atoms with Crippen LogP contribution in [0.4, 0.5) is 9.59 Å². The Labute approximate surface area is 305 Å². The fourth-order valence-corrected chi connectivity index (χ4v) is 4.35. The Morgan fingerprint density at radius 2 is 1.23 bits per heavy atom. The summed E-state index contributed by atoms with van der Waals surface area (Å²) in [6, 6.07) is 9.56. The van der Waals surface area contributed by atoms with Crippen molar-refractivity contribution in [3.8, 4) is 17.2 Å². The first-order valence-corrected chi connectivity index (χ1v) is 16.3. The summed E-state index contributed by atoms with van der Waals surface area (Å²) in [5, 5.41) is 0. The van der Waals surface area contributed by atoms with Crippen LogP contribution in [-0.2, 0) is 38.0 Å². The van der Waals surface area contributed by atoms with E-state index in [9.17, 15) is 28.8 Å². The van der Waals surface area contributed by atoms with Crippen LogP contribution in [0.25, 0.3) is 0 Å². The minimum Gasteiger partial charge on any atom is -0.493 e. The Hall–Kier alpha value is -6.38. The predicted molar refractivity (Wildman–Crippen MR) is 185 cm³/mol. The molecule has 2 aromatic carbocycles. The van der Waals surface area contributed by atoms with Gasteiger partial charge in [0.15, 0.2) is 23.2 Å². The lowest BCUT2D eigenvalue weighted by Crippen LogP contribution is -2.44. The van der Waals surface area contributed by atoms with E-state index in [1.165, 1.54) is 49.6 Å². The van der Waals surface area contributed by atoms with Crippen molar-refractivity contribution in [3.63, 3.8) is 0 Å². The minimum atomic E-state index is -1.41. The van der Waals surface area contributed by atoms with E-state index in [1.54, 1.807) is 31.2 Å². The zero-order valence-electron chi connectivity index (χ0n) is 29.3. The van der Waals surface area contributed by atoms with Crippen LogP contribution >= 0.6 is 0 Å². The number of hydrogen-bond acceptors (Lipinski definition) is 15. The van der Waals surface area contributed by atoms with Gasteiger partial charge < -0.3 is 42.6 Å². The highest BCUT2D eigenvalue weighted by Gasteiger charge is 2.39. The van der Waals surface area contributed by atoms with Crippen LogP contribution in [0, 0.1) is 0 Å². The van der Waals surface area contributed by atoms with Gasteiger partial charge >= 0.3 is 36.2 Å². The highest BCUT2D eigenvalue weighted by molar-refractivity contribution is 5.91. The van der Waals surface area contributed by atoms with E-state index in [0.29, 0.717) is 25.7 Å². The summed E-state index contributed by atoms with van der Waals surface area (Å²) < 4.78 is 46.8. The maximum absolute atomic E-state index is 13.2. The van der Waals surface area contributed by atoms with Crippen LogP contribution in [0.15, 0.2) is 92.1 Å². The Morgan fingerprint density at radius 3 is 1.79 bits per heavy atom. The van der Waals surface area contributed by atoms with E-state index in [4.69, 9.17) is 42.6 Å². The van der Waals surface area contributed by atoms with Gasteiger partial charge in [-0.15, -0.1) is 0 Å². The number of rotatable bonds is 19. The van der Waals surface area contributed by atoms with Gasteiger partial charge in [-0.25, -0.2) is 28.8 Å². The Kier molecular flexibility index (Phi) is 16.3. The number of esters is 4. The van der Waals surface area contributed by atoms with E-state index in [2.05, 4.69) is 13.2 Å². The summed E-state index contributed by atoms with van der Waals surface area (Å²) in [5.74, 6) is -2.45. The molecule has 2 aromatic rings. The summed E-state index contributed by atoms with van der Waals surface area (Å²) in [6.45, 7) is 8.54. The molecule has 1 aliphatic rings. The van der Waals surface area contributed by atoms with Gasteiger partial charge in [-0.05, 0) is 87.2 Å². The van der Waals surface area contributed by atoms with Gasteiger partial charge in [0, 0.05) is 12.2 Å². The number of carbonyl (C=O) groups excluding carboxylic acids is 6. The topological polar surface area (TPSA) is 185 Å². The molecule has 53 heavy (non-hydrogen) atoms. The molecule has 0 spiro atoms. The molecule has 1 aliphatic carbocycles.